The lowest BCUT2D eigenvalue weighted by molar-refractivity contribution is -0.147. The Morgan fingerprint density at radius 3 is 1.96 bits per heavy atom. The molecule has 2 rings (SSSR count). The van der Waals surface area contributed by atoms with Crippen molar-refractivity contribution in [1.82, 2.24) is 0 Å². The standard InChI is InChI=1S/C15H11Cl2F5O2/c1-15(2)6(3-7(16)17)8(15)14(23)24-4-5-9(18)11(20)13(22)12(21)10(5)19/h3,6,8H,4H2,1-2H3/t6-,8+/m0/s1. The molecular weight excluding hydrogens is 378 g/mol. The molecule has 0 unspecified atom stereocenters. The highest BCUT2D eigenvalue weighted by Crippen LogP contribution is 2.60. The molecule has 9 heteroatoms. The van der Waals surface area contributed by atoms with Crippen molar-refractivity contribution in [2.24, 2.45) is 17.3 Å². The van der Waals surface area contributed by atoms with Gasteiger partial charge in [-0.05, 0) is 17.4 Å². The number of carbonyl (C=O) groups is 1. The second kappa shape index (κ2) is 6.52. The van der Waals surface area contributed by atoms with E-state index in [0.717, 1.165) is 0 Å². The summed E-state index contributed by atoms with van der Waals surface area (Å²) in [7, 11) is 0. The Morgan fingerprint density at radius 1 is 1.04 bits per heavy atom. The Balaban J connectivity index is 2.16. The molecule has 0 aromatic heterocycles. The molecule has 0 heterocycles. The van der Waals surface area contributed by atoms with Gasteiger partial charge in [-0.2, -0.15) is 0 Å². The van der Waals surface area contributed by atoms with E-state index in [1.807, 2.05) is 0 Å². The van der Waals surface area contributed by atoms with Crippen LogP contribution < -0.4 is 0 Å². The Morgan fingerprint density at radius 2 is 1.50 bits per heavy atom. The number of hydrogen-bond acceptors (Lipinski definition) is 2. The molecular formula is C15H11Cl2F5O2. The monoisotopic (exact) mass is 388 g/mol. The number of halogens is 7. The van der Waals surface area contributed by atoms with Crippen LogP contribution in [-0.2, 0) is 16.1 Å². The van der Waals surface area contributed by atoms with E-state index in [4.69, 9.17) is 27.9 Å². The fourth-order valence-electron chi connectivity index (χ4n) is 2.58. The number of rotatable bonds is 4. The molecule has 2 atom stereocenters. The first-order valence-corrected chi connectivity index (χ1v) is 7.45. The lowest BCUT2D eigenvalue weighted by Gasteiger charge is -2.09. The molecule has 132 valence electrons. The molecule has 0 radical (unpaired) electrons. The predicted octanol–water partition coefficient (Wildman–Crippen LogP) is 5.02. The van der Waals surface area contributed by atoms with Gasteiger partial charge in [0.2, 0.25) is 5.82 Å². The van der Waals surface area contributed by atoms with Crippen molar-refractivity contribution in [3.8, 4) is 0 Å². The third kappa shape index (κ3) is 3.24. The summed E-state index contributed by atoms with van der Waals surface area (Å²) in [5.74, 6) is -12.4. The second-order valence-electron chi connectivity index (χ2n) is 5.94. The maximum atomic E-state index is 13.5. The topological polar surface area (TPSA) is 26.3 Å². The van der Waals surface area contributed by atoms with Gasteiger partial charge in [-0.3, -0.25) is 4.79 Å². The summed E-state index contributed by atoms with van der Waals surface area (Å²) < 4.78 is 70.8. The van der Waals surface area contributed by atoms with Crippen molar-refractivity contribution in [2.45, 2.75) is 20.5 Å². The van der Waals surface area contributed by atoms with Gasteiger partial charge in [0.25, 0.3) is 0 Å². The van der Waals surface area contributed by atoms with Crippen LogP contribution in [0.25, 0.3) is 0 Å². The van der Waals surface area contributed by atoms with Crippen molar-refractivity contribution < 1.29 is 31.5 Å². The number of benzene rings is 1. The van der Waals surface area contributed by atoms with Crippen molar-refractivity contribution in [2.75, 3.05) is 0 Å². The molecule has 1 aliphatic carbocycles. The van der Waals surface area contributed by atoms with Crippen LogP contribution in [0.5, 0.6) is 0 Å². The molecule has 2 nitrogen and oxygen atoms in total. The first-order valence-electron chi connectivity index (χ1n) is 6.69. The zero-order chi connectivity index (χ0) is 18.4. The number of esters is 1. The van der Waals surface area contributed by atoms with Crippen LogP contribution in [-0.4, -0.2) is 5.97 Å². The van der Waals surface area contributed by atoms with Crippen LogP contribution in [0.3, 0.4) is 0 Å². The van der Waals surface area contributed by atoms with Gasteiger partial charge >= 0.3 is 5.97 Å². The summed E-state index contributed by atoms with van der Waals surface area (Å²) in [6.45, 7) is 2.35. The van der Waals surface area contributed by atoms with Gasteiger partial charge in [0.05, 0.1) is 11.5 Å². The van der Waals surface area contributed by atoms with Crippen molar-refractivity contribution in [3.05, 3.63) is 45.2 Å². The molecule has 0 amide bonds. The lowest BCUT2D eigenvalue weighted by Crippen LogP contribution is -2.14. The van der Waals surface area contributed by atoms with E-state index in [9.17, 15) is 26.7 Å². The lowest BCUT2D eigenvalue weighted by atomic mass is 10.1. The average Bonchev–Trinajstić information content (AvgIpc) is 3.02. The van der Waals surface area contributed by atoms with Gasteiger partial charge in [-0.1, -0.05) is 37.0 Å². The first-order chi connectivity index (χ1) is 11.0. The predicted molar refractivity (Wildman–Crippen MR) is 76.6 cm³/mol. The zero-order valence-electron chi connectivity index (χ0n) is 12.4. The number of hydrogen-bond donors (Lipinski definition) is 0. The van der Waals surface area contributed by atoms with Crippen LogP contribution in [0.15, 0.2) is 10.6 Å². The van der Waals surface area contributed by atoms with Crippen LogP contribution in [0.4, 0.5) is 22.0 Å². The van der Waals surface area contributed by atoms with E-state index in [1.165, 1.54) is 6.08 Å². The molecule has 1 aliphatic rings. The molecule has 0 bridgehead atoms. The van der Waals surface area contributed by atoms with Gasteiger partial charge in [-0.15, -0.1) is 0 Å². The van der Waals surface area contributed by atoms with Gasteiger partial charge < -0.3 is 4.74 Å². The highest BCUT2D eigenvalue weighted by atomic mass is 35.5. The van der Waals surface area contributed by atoms with E-state index in [0.29, 0.717) is 0 Å². The summed E-state index contributed by atoms with van der Waals surface area (Å²) in [4.78, 5) is 12.0. The first kappa shape index (κ1) is 19.0. The van der Waals surface area contributed by atoms with E-state index in [-0.39, 0.29) is 10.4 Å². The second-order valence-corrected chi connectivity index (χ2v) is 6.95. The molecule has 1 fully saturated rings. The Labute approximate surface area is 144 Å². The summed E-state index contributed by atoms with van der Waals surface area (Å²) in [5, 5.41) is 0. The minimum atomic E-state index is -2.27. The smallest absolute Gasteiger partial charge is 0.310 e. The zero-order valence-corrected chi connectivity index (χ0v) is 13.9. The third-order valence-electron chi connectivity index (χ3n) is 4.13. The van der Waals surface area contributed by atoms with Crippen molar-refractivity contribution >= 4 is 29.2 Å². The highest BCUT2D eigenvalue weighted by Gasteiger charge is 2.61. The SMILES string of the molecule is CC1(C)[C@@H](C=C(Cl)Cl)[C@@H]1C(=O)OCc1c(F)c(F)c(F)c(F)c1F. The minimum absolute atomic E-state index is 0.0526. The molecule has 0 aliphatic heterocycles. The Hall–Kier alpha value is -1.34. The quantitative estimate of drug-likeness (QED) is 0.313. The Kier molecular flexibility index (Phi) is 5.16. The van der Waals surface area contributed by atoms with Crippen molar-refractivity contribution in [3.63, 3.8) is 0 Å². The van der Waals surface area contributed by atoms with Crippen molar-refractivity contribution in [1.29, 1.82) is 0 Å². The molecule has 0 saturated heterocycles. The van der Waals surface area contributed by atoms with Crippen LogP contribution in [0.2, 0.25) is 0 Å². The summed E-state index contributed by atoms with van der Waals surface area (Å²) in [6.07, 6.45) is 1.42. The van der Waals surface area contributed by atoms with Gasteiger partial charge in [0.1, 0.15) is 11.1 Å². The number of allylic oxidation sites excluding steroid dienone is 1. The van der Waals surface area contributed by atoms with Crippen LogP contribution in [0.1, 0.15) is 19.4 Å². The van der Waals surface area contributed by atoms with Gasteiger partial charge in [0, 0.05) is 0 Å². The van der Waals surface area contributed by atoms with Gasteiger partial charge in [0.15, 0.2) is 23.3 Å². The maximum Gasteiger partial charge on any atom is 0.310 e. The summed E-state index contributed by atoms with van der Waals surface area (Å²) >= 11 is 11.1. The molecule has 1 saturated carbocycles. The molecule has 0 spiro atoms. The van der Waals surface area contributed by atoms with E-state index in [2.05, 4.69) is 0 Å². The maximum absolute atomic E-state index is 13.5. The van der Waals surface area contributed by atoms with Crippen LogP contribution >= 0.6 is 23.2 Å². The van der Waals surface area contributed by atoms with Crippen LogP contribution in [0, 0.1) is 46.3 Å². The number of carbonyl (C=O) groups excluding carboxylic acids is 1. The normalized spacial score (nSPS) is 21.4. The molecule has 1 aromatic rings. The molecule has 0 N–H and O–H groups in total. The fourth-order valence-corrected chi connectivity index (χ4v) is 2.86. The van der Waals surface area contributed by atoms with E-state index < -0.39 is 58.6 Å². The molecule has 1 aromatic carbocycles. The van der Waals surface area contributed by atoms with E-state index >= 15 is 0 Å². The Bertz CT molecular complexity index is 700. The average molecular weight is 389 g/mol. The summed E-state index contributed by atoms with van der Waals surface area (Å²) in [5.41, 5.74) is -1.76. The number of ether oxygens (including phenoxy) is 1. The fraction of sp³-hybridized carbons (Fsp3) is 0.400. The molecule has 24 heavy (non-hydrogen) atoms. The largest absolute Gasteiger partial charge is 0.460 e. The van der Waals surface area contributed by atoms with Gasteiger partial charge in [-0.25, -0.2) is 22.0 Å². The minimum Gasteiger partial charge on any atom is -0.460 e. The summed E-state index contributed by atoms with van der Waals surface area (Å²) in [6, 6.07) is 0. The van der Waals surface area contributed by atoms with E-state index in [1.54, 1.807) is 13.8 Å². The highest BCUT2D eigenvalue weighted by molar-refractivity contribution is 6.55. The third-order valence-corrected chi connectivity index (χ3v) is 4.38.